The first-order chi connectivity index (χ1) is 11.6. The molecule has 126 valence electrons. The molecule has 1 fully saturated rings. The zero-order valence-corrected chi connectivity index (χ0v) is 14.0. The lowest BCUT2D eigenvalue weighted by Gasteiger charge is -2.25. The van der Waals surface area contributed by atoms with Crippen molar-refractivity contribution in [2.24, 2.45) is 7.05 Å². The van der Waals surface area contributed by atoms with Crippen LogP contribution in [0.2, 0.25) is 0 Å². The van der Waals surface area contributed by atoms with E-state index >= 15 is 0 Å². The molecule has 0 saturated carbocycles. The van der Waals surface area contributed by atoms with Crippen LogP contribution >= 0.6 is 0 Å². The molecule has 2 aromatic rings. The number of hydrogen-bond donors (Lipinski definition) is 1. The number of rotatable bonds is 3. The molecule has 1 aromatic carbocycles. The maximum absolute atomic E-state index is 12.5. The van der Waals surface area contributed by atoms with Crippen LogP contribution in [0.15, 0.2) is 47.4 Å². The largest absolute Gasteiger partial charge is 0.370 e. The fraction of sp³-hybridized carbons (Fsp3) is 0.368. The number of carbonyl (C=O) groups is 1. The average Bonchev–Trinajstić information content (AvgIpc) is 2.87. The van der Waals surface area contributed by atoms with Gasteiger partial charge in [-0.1, -0.05) is 25.0 Å². The summed E-state index contributed by atoms with van der Waals surface area (Å²) in [6, 6.07) is 10.9. The standard InChI is InChI=1S/C19H23N3O2/c1-21-13-10-15(14-18(21)23)19(24)20-16-8-4-5-9-17(16)22-11-6-2-3-7-12-22/h4-5,8-10,13-14H,2-3,6-7,11-12H2,1H3,(H,20,24). The summed E-state index contributed by atoms with van der Waals surface area (Å²) < 4.78 is 1.45. The molecule has 0 spiro atoms. The smallest absolute Gasteiger partial charge is 0.255 e. The second-order valence-corrected chi connectivity index (χ2v) is 6.24. The first kappa shape index (κ1) is 16.3. The van der Waals surface area contributed by atoms with Gasteiger partial charge in [0.15, 0.2) is 0 Å². The number of pyridine rings is 1. The molecule has 5 heteroatoms. The fourth-order valence-corrected chi connectivity index (χ4v) is 3.05. The lowest BCUT2D eigenvalue weighted by Crippen LogP contribution is -2.26. The maximum atomic E-state index is 12.5. The SMILES string of the molecule is Cn1ccc(C(=O)Nc2ccccc2N2CCCCCC2)cc1=O. The van der Waals surface area contributed by atoms with Gasteiger partial charge in [-0.25, -0.2) is 0 Å². The van der Waals surface area contributed by atoms with Crippen LogP contribution in [0.3, 0.4) is 0 Å². The van der Waals surface area contributed by atoms with E-state index in [1.165, 1.54) is 36.3 Å². The average molecular weight is 325 g/mol. The van der Waals surface area contributed by atoms with Gasteiger partial charge in [-0.3, -0.25) is 9.59 Å². The summed E-state index contributed by atoms with van der Waals surface area (Å²) in [7, 11) is 1.67. The first-order valence-corrected chi connectivity index (χ1v) is 8.47. The maximum Gasteiger partial charge on any atom is 0.255 e. The van der Waals surface area contributed by atoms with Crippen molar-refractivity contribution in [3.8, 4) is 0 Å². The van der Waals surface area contributed by atoms with Crippen molar-refractivity contribution < 1.29 is 4.79 Å². The van der Waals surface area contributed by atoms with Crippen LogP contribution in [0.1, 0.15) is 36.0 Å². The van der Waals surface area contributed by atoms with E-state index < -0.39 is 0 Å². The summed E-state index contributed by atoms with van der Waals surface area (Å²) in [5, 5.41) is 2.96. The zero-order valence-electron chi connectivity index (χ0n) is 14.0. The van der Waals surface area contributed by atoms with Gasteiger partial charge in [0.05, 0.1) is 11.4 Å². The minimum atomic E-state index is -0.255. The Morgan fingerprint density at radius 1 is 1.04 bits per heavy atom. The van der Waals surface area contributed by atoms with Crippen LogP contribution in [0, 0.1) is 0 Å². The lowest BCUT2D eigenvalue weighted by molar-refractivity contribution is 0.102. The highest BCUT2D eigenvalue weighted by Gasteiger charge is 2.15. The monoisotopic (exact) mass is 325 g/mol. The Balaban J connectivity index is 1.83. The highest BCUT2D eigenvalue weighted by molar-refractivity contribution is 6.05. The summed E-state index contributed by atoms with van der Waals surface area (Å²) >= 11 is 0. The summed E-state index contributed by atoms with van der Waals surface area (Å²) in [6.07, 6.45) is 6.49. The number of para-hydroxylation sites is 2. The Morgan fingerprint density at radius 3 is 2.46 bits per heavy atom. The molecule has 0 atom stereocenters. The Morgan fingerprint density at radius 2 is 1.75 bits per heavy atom. The molecule has 24 heavy (non-hydrogen) atoms. The van der Waals surface area contributed by atoms with E-state index in [9.17, 15) is 9.59 Å². The Hall–Kier alpha value is -2.56. The van der Waals surface area contributed by atoms with Gasteiger partial charge >= 0.3 is 0 Å². The number of anilines is 2. The van der Waals surface area contributed by atoms with Gasteiger partial charge in [0, 0.05) is 38.0 Å². The number of aromatic nitrogens is 1. The minimum Gasteiger partial charge on any atom is -0.370 e. The lowest BCUT2D eigenvalue weighted by atomic mass is 10.2. The third-order valence-electron chi connectivity index (χ3n) is 4.47. The van der Waals surface area contributed by atoms with Gasteiger partial charge in [-0.05, 0) is 31.0 Å². The Kier molecular flexibility index (Phi) is 4.99. The van der Waals surface area contributed by atoms with Gasteiger partial charge < -0.3 is 14.8 Å². The topological polar surface area (TPSA) is 54.3 Å². The number of benzene rings is 1. The van der Waals surface area contributed by atoms with Crippen LogP contribution < -0.4 is 15.8 Å². The molecule has 2 heterocycles. The van der Waals surface area contributed by atoms with Crippen LogP contribution in [-0.4, -0.2) is 23.6 Å². The summed E-state index contributed by atoms with van der Waals surface area (Å²) in [6.45, 7) is 2.03. The zero-order chi connectivity index (χ0) is 16.9. The van der Waals surface area contributed by atoms with Gasteiger partial charge in [0.25, 0.3) is 11.5 Å². The third kappa shape index (κ3) is 3.67. The van der Waals surface area contributed by atoms with Crippen molar-refractivity contribution in [2.45, 2.75) is 25.7 Å². The highest BCUT2D eigenvalue weighted by Crippen LogP contribution is 2.28. The Labute approximate surface area is 141 Å². The van der Waals surface area contributed by atoms with Crippen molar-refractivity contribution in [1.29, 1.82) is 0 Å². The summed E-state index contributed by atoms with van der Waals surface area (Å²) in [5.74, 6) is -0.255. The van der Waals surface area contributed by atoms with Crippen LogP contribution in [0.25, 0.3) is 0 Å². The quantitative estimate of drug-likeness (QED) is 0.944. The number of nitrogens with one attached hydrogen (secondary N) is 1. The fourth-order valence-electron chi connectivity index (χ4n) is 3.05. The van der Waals surface area contributed by atoms with Gasteiger partial charge in [0.2, 0.25) is 0 Å². The van der Waals surface area contributed by atoms with Crippen molar-refractivity contribution in [1.82, 2.24) is 4.57 Å². The molecule has 1 aliphatic heterocycles. The van der Waals surface area contributed by atoms with Crippen molar-refractivity contribution in [2.75, 3.05) is 23.3 Å². The van der Waals surface area contributed by atoms with E-state index in [0.717, 1.165) is 24.5 Å². The molecule has 1 saturated heterocycles. The number of hydrogen-bond acceptors (Lipinski definition) is 3. The number of aryl methyl sites for hydroxylation is 1. The second-order valence-electron chi connectivity index (χ2n) is 6.24. The molecule has 0 bridgehead atoms. The molecular weight excluding hydrogens is 302 g/mol. The van der Waals surface area contributed by atoms with Gasteiger partial charge in [-0.2, -0.15) is 0 Å². The van der Waals surface area contributed by atoms with Gasteiger partial charge in [0.1, 0.15) is 0 Å². The van der Waals surface area contributed by atoms with Crippen molar-refractivity contribution >= 4 is 17.3 Å². The molecule has 1 aromatic heterocycles. The molecule has 1 N–H and O–H groups in total. The van der Waals surface area contributed by atoms with E-state index in [4.69, 9.17) is 0 Å². The minimum absolute atomic E-state index is 0.191. The molecule has 1 amide bonds. The summed E-state index contributed by atoms with van der Waals surface area (Å²) in [4.78, 5) is 26.6. The van der Waals surface area contributed by atoms with E-state index in [2.05, 4.69) is 10.2 Å². The summed E-state index contributed by atoms with van der Waals surface area (Å²) in [5.41, 5.74) is 2.04. The molecule has 0 aliphatic carbocycles. The highest BCUT2D eigenvalue weighted by atomic mass is 16.2. The molecule has 3 rings (SSSR count). The third-order valence-corrected chi connectivity index (χ3v) is 4.47. The van der Waals surface area contributed by atoms with Crippen LogP contribution in [0.5, 0.6) is 0 Å². The van der Waals surface area contributed by atoms with E-state index in [1.807, 2.05) is 24.3 Å². The Bertz CT molecular complexity index is 774. The van der Waals surface area contributed by atoms with E-state index in [-0.39, 0.29) is 11.5 Å². The predicted octanol–water partition coefficient (Wildman–Crippen LogP) is 3.02. The van der Waals surface area contributed by atoms with Crippen LogP contribution in [-0.2, 0) is 7.05 Å². The molecule has 1 aliphatic rings. The molecule has 0 radical (unpaired) electrons. The molecule has 0 unspecified atom stereocenters. The van der Waals surface area contributed by atoms with Gasteiger partial charge in [-0.15, -0.1) is 0 Å². The van der Waals surface area contributed by atoms with E-state index in [1.54, 1.807) is 19.3 Å². The molecule has 5 nitrogen and oxygen atoms in total. The number of carbonyl (C=O) groups excluding carboxylic acids is 1. The normalized spacial score (nSPS) is 15.0. The second kappa shape index (κ2) is 7.34. The first-order valence-electron chi connectivity index (χ1n) is 8.47. The van der Waals surface area contributed by atoms with Crippen molar-refractivity contribution in [3.05, 3.63) is 58.5 Å². The van der Waals surface area contributed by atoms with Crippen LogP contribution in [0.4, 0.5) is 11.4 Å². The predicted molar refractivity (Wildman–Crippen MR) is 96.8 cm³/mol. The molecular formula is C19H23N3O2. The number of amides is 1. The number of nitrogens with zero attached hydrogens (tertiary/aromatic N) is 2. The van der Waals surface area contributed by atoms with E-state index in [0.29, 0.717) is 5.56 Å². The van der Waals surface area contributed by atoms with Crippen molar-refractivity contribution in [3.63, 3.8) is 0 Å².